The van der Waals surface area contributed by atoms with Crippen LogP contribution < -0.4 is 0 Å². The van der Waals surface area contributed by atoms with E-state index in [2.05, 4.69) is 0 Å². The summed E-state index contributed by atoms with van der Waals surface area (Å²) in [6, 6.07) is 0.468. The van der Waals surface area contributed by atoms with Crippen molar-refractivity contribution in [3.05, 3.63) is 0 Å². The average Bonchev–Trinajstić information content (AvgIpc) is 2.25. The summed E-state index contributed by atoms with van der Waals surface area (Å²) < 4.78 is 21.7. The van der Waals surface area contributed by atoms with E-state index in [4.69, 9.17) is 23.1 Å². The van der Waals surface area contributed by atoms with E-state index in [-0.39, 0.29) is 13.2 Å². The van der Waals surface area contributed by atoms with Crippen LogP contribution in [0.1, 0.15) is 20.8 Å². The third-order valence-electron chi connectivity index (χ3n) is 1.87. The molecular weight excluding hydrogens is 244 g/mol. The van der Waals surface area contributed by atoms with Gasteiger partial charge in [0.2, 0.25) is 0 Å². The van der Waals surface area contributed by atoms with Crippen LogP contribution in [0.5, 0.6) is 0 Å². The highest BCUT2D eigenvalue weighted by molar-refractivity contribution is 6.60. The fourth-order valence-corrected chi connectivity index (χ4v) is 3.75. The van der Waals surface area contributed by atoms with Gasteiger partial charge >= 0.3 is 14.8 Å². The third kappa shape index (κ3) is 7.45. The monoisotopic (exact) mass is 266 g/mol. The fourth-order valence-electron chi connectivity index (χ4n) is 1.36. The molecule has 0 bridgehead atoms. The third-order valence-corrected chi connectivity index (χ3v) is 4.87. The summed E-state index contributed by atoms with van der Waals surface area (Å²) >= 11 is 0. The SMILES string of the molecule is CCO[Si](CCOCC(=O)O)(OCC)OCC. The minimum Gasteiger partial charge on any atom is -0.480 e. The largest absolute Gasteiger partial charge is 0.503 e. The van der Waals surface area contributed by atoms with Gasteiger partial charge in [0.25, 0.3) is 0 Å². The molecule has 17 heavy (non-hydrogen) atoms. The van der Waals surface area contributed by atoms with Crippen LogP contribution in [0.15, 0.2) is 0 Å². The van der Waals surface area contributed by atoms with Crippen LogP contribution in [-0.4, -0.2) is 52.9 Å². The number of ether oxygens (including phenoxy) is 1. The maximum absolute atomic E-state index is 10.3. The highest BCUT2D eigenvalue weighted by Crippen LogP contribution is 2.15. The van der Waals surface area contributed by atoms with Gasteiger partial charge in [-0.2, -0.15) is 0 Å². The van der Waals surface area contributed by atoms with E-state index < -0.39 is 14.8 Å². The van der Waals surface area contributed by atoms with Gasteiger partial charge in [-0.25, -0.2) is 4.79 Å². The quantitative estimate of drug-likeness (QED) is 0.446. The van der Waals surface area contributed by atoms with E-state index in [0.29, 0.717) is 25.9 Å². The molecule has 0 unspecified atom stereocenters. The van der Waals surface area contributed by atoms with Gasteiger partial charge in [-0.1, -0.05) is 0 Å². The molecule has 0 aliphatic heterocycles. The predicted octanol–water partition coefficient (Wildman–Crippen LogP) is 1.14. The van der Waals surface area contributed by atoms with Crippen molar-refractivity contribution in [1.82, 2.24) is 0 Å². The fraction of sp³-hybridized carbons (Fsp3) is 0.900. The Bertz CT molecular complexity index is 194. The number of aliphatic carboxylic acids is 1. The summed E-state index contributed by atoms with van der Waals surface area (Å²) in [5.74, 6) is -0.985. The van der Waals surface area contributed by atoms with Crippen molar-refractivity contribution >= 4 is 14.8 Å². The molecule has 0 aromatic rings. The molecule has 0 aliphatic rings. The minimum absolute atomic E-state index is 0.262. The molecule has 0 fully saturated rings. The van der Waals surface area contributed by atoms with E-state index >= 15 is 0 Å². The van der Waals surface area contributed by atoms with Crippen molar-refractivity contribution in [3.63, 3.8) is 0 Å². The Labute approximate surface area is 103 Å². The van der Waals surface area contributed by atoms with Gasteiger partial charge in [-0.05, 0) is 20.8 Å². The lowest BCUT2D eigenvalue weighted by molar-refractivity contribution is -0.142. The molecule has 0 aliphatic carbocycles. The molecule has 7 heteroatoms. The van der Waals surface area contributed by atoms with Gasteiger partial charge in [0.15, 0.2) is 0 Å². The smallest absolute Gasteiger partial charge is 0.480 e. The zero-order chi connectivity index (χ0) is 13.1. The second kappa shape index (κ2) is 9.55. The number of hydrogen-bond acceptors (Lipinski definition) is 5. The summed E-state index contributed by atoms with van der Waals surface area (Å²) in [6.07, 6.45) is 0. The molecule has 0 saturated carbocycles. The normalized spacial score (nSPS) is 11.7. The van der Waals surface area contributed by atoms with Crippen LogP contribution in [0.3, 0.4) is 0 Å². The van der Waals surface area contributed by atoms with E-state index in [1.807, 2.05) is 20.8 Å². The summed E-state index contributed by atoms with van der Waals surface area (Å²) in [6.45, 7) is 7.09. The molecule has 6 nitrogen and oxygen atoms in total. The van der Waals surface area contributed by atoms with Crippen molar-refractivity contribution < 1.29 is 27.9 Å². The molecule has 0 radical (unpaired) electrons. The lowest BCUT2D eigenvalue weighted by atomic mass is 10.7. The maximum atomic E-state index is 10.3. The molecule has 0 rings (SSSR count). The van der Waals surface area contributed by atoms with E-state index in [9.17, 15) is 4.79 Å². The summed E-state index contributed by atoms with van der Waals surface area (Å²) in [5.41, 5.74) is 0. The Kier molecular flexibility index (Phi) is 9.28. The zero-order valence-electron chi connectivity index (χ0n) is 10.7. The molecule has 0 spiro atoms. The Morgan fingerprint density at radius 1 is 1.06 bits per heavy atom. The Balaban J connectivity index is 4.18. The van der Waals surface area contributed by atoms with Gasteiger partial charge in [0.1, 0.15) is 6.61 Å². The first-order valence-corrected chi connectivity index (χ1v) is 7.74. The van der Waals surface area contributed by atoms with Gasteiger partial charge in [-0.3, -0.25) is 0 Å². The van der Waals surface area contributed by atoms with E-state index in [0.717, 1.165) is 0 Å². The number of carboxylic acid groups (broad SMARTS) is 1. The Morgan fingerprint density at radius 3 is 1.88 bits per heavy atom. The molecule has 102 valence electrons. The van der Waals surface area contributed by atoms with Crippen LogP contribution in [0, 0.1) is 0 Å². The number of carboxylic acids is 1. The van der Waals surface area contributed by atoms with Crippen molar-refractivity contribution in [2.75, 3.05) is 33.0 Å². The first kappa shape index (κ1) is 16.5. The predicted molar refractivity (Wildman–Crippen MR) is 63.9 cm³/mol. The van der Waals surface area contributed by atoms with Crippen molar-refractivity contribution in [3.8, 4) is 0 Å². The summed E-state index contributed by atoms with van der Waals surface area (Å²) in [4.78, 5) is 10.3. The lowest BCUT2D eigenvalue weighted by Crippen LogP contribution is -2.47. The van der Waals surface area contributed by atoms with Crippen molar-refractivity contribution in [2.45, 2.75) is 26.8 Å². The molecule has 0 amide bonds. The Morgan fingerprint density at radius 2 is 1.53 bits per heavy atom. The zero-order valence-corrected chi connectivity index (χ0v) is 11.7. The number of rotatable bonds is 11. The lowest BCUT2D eigenvalue weighted by Gasteiger charge is -2.28. The standard InChI is InChI=1S/C10H22O6Si/c1-4-14-17(15-5-2,16-6-3)8-7-13-9-10(11)12/h4-9H2,1-3H3,(H,11,12). The topological polar surface area (TPSA) is 74.2 Å². The molecule has 0 aromatic heterocycles. The molecule has 0 atom stereocenters. The average molecular weight is 266 g/mol. The van der Waals surface area contributed by atoms with E-state index in [1.165, 1.54) is 0 Å². The van der Waals surface area contributed by atoms with Gasteiger partial charge in [-0.15, -0.1) is 0 Å². The van der Waals surface area contributed by atoms with Crippen LogP contribution in [0.2, 0.25) is 6.04 Å². The molecule has 0 saturated heterocycles. The van der Waals surface area contributed by atoms with Crippen molar-refractivity contribution in [2.24, 2.45) is 0 Å². The maximum Gasteiger partial charge on any atom is 0.503 e. The molecular formula is C10H22O6Si. The van der Waals surface area contributed by atoms with Crippen LogP contribution >= 0.6 is 0 Å². The summed E-state index contributed by atoms with van der Waals surface area (Å²) in [7, 11) is -2.69. The van der Waals surface area contributed by atoms with Gasteiger partial charge in [0, 0.05) is 25.9 Å². The first-order chi connectivity index (χ1) is 8.10. The van der Waals surface area contributed by atoms with Crippen LogP contribution in [0.4, 0.5) is 0 Å². The molecule has 1 N–H and O–H groups in total. The second-order valence-corrected chi connectivity index (χ2v) is 5.91. The first-order valence-electron chi connectivity index (χ1n) is 5.81. The Hall–Kier alpha value is -0.473. The van der Waals surface area contributed by atoms with Gasteiger partial charge in [0.05, 0.1) is 6.61 Å². The van der Waals surface area contributed by atoms with Crippen LogP contribution in [-0.2, 0) is 22.8 Å². The van der Waals surface area contributed by atoms with E-state index in [1.54, 1.807) is 0 Å². The minimum atomic E-state index is -2.69. The van der Waals surface area contributed by atoms with Gasteiger partial charge < -0.3 is 23.1 Å². The van der Waals surface area contributed by atoms with Crippen molar-refractivity contribution in [1.29, 1.82) is 0 Å². The molecule has 0 aromatic carbocycles. The number of hydrogen-bond donors (Lipinski definition) is 1. The summed E-state index contributed by atoms with van der Waals surface area (Å²) in [5, 5.41) is 8.45. The molecule has 0 heterocycles. The van der Waals surface area contributed by atoms with Crippen LogP contribution in [0.25, 0.3) is 0 Å². The highest BCUT2D eigenvalue weighted by Gasteiger charge is 2.39. The highest BCUT2D eigenvalue weighted by atomic mass is 28.4. The number of carbonyl (C=O) groups is 1. The second-order valence-electron chi connectivity index (χ2n) is 3.18.